The lowest BCUT2D eigenvalue weighted by molar-refractivity contribution is 1.03. The number of hydrogen-bond donors (Lipinski definition) is 1. The normalized spacial score (nSPS) is 11.0. The van der Waals surface area contributed by atoms with Gasteiger partial charge in [0.15, 0.2) is 0 Å². The van der Waals surface area contributed by atoms with E-state index in [9.17, 15) is 0 Å². The van der Waals surface area contributed by atoms with Crippen molar-refractivity contribution in [2.45, 2.75) is 13.3 Å². The molecule has 0 saturated carbocycles. The molecular weight excluding hydrogens is 246 g/mol. The van der Waals surface area contributed by atoms with Crippen LogP contribution in [0.25, 0.3) is 11.0 Å². The van der Waals surface area contributed by atoms with Gasteiger partial charge in [0.05, 0.1) is 11.0 Å². The second kappa shape index (κ2) is 4.42. The van der Waals surface area contributed by atoms with Crippen LogP contribution in [0.1, 0.15) is 17.0 Å². The second-order valence-corrected chi connectivity index (χ2v) is 4.69. The number of nitrogens with zero attached hydrogens (tertiary/aromatic N) is 2. The van der Waals surface area contributed by atoms with Crippen LogP contribution in [-0.2, 0) is 6.42 Å². The largest absolute Gasteiger partial charge is 0.342 e. The minimum absolute atomic E-state index is 0.754. The fraction of sp³-hybridized carbons (Fsp3) is 0.143. The summed E-state index contributed by atoms with van der Waals surface area (Å²) in [6.45, 7) is 1.99. The molecule has 0 aliphatic rings. The third-order valence-electron chi connectivity index (χ3n) is 3.01. The molecular formula is C14H12ClN3. The van der Waals surface area contributed by atoms with Crippen LogP contribution in [-0.4, -0.2) is 15.0 Å². The maximum atomic E-state index is 6.09. The van der Waals surface area contributed by atoms with Gasteiger partial charge in [-0.2, -0.15) is 0 Å². The van der Waals surface area contributed by atoms with E-state index >= 15 is 0 Å². The van der Waals surface area contributed by atoms with Crippen molar-refractivity contribution in [3.8, 4) is 0 Å². The van der Waals surface area contributed by atoms with Crippen LogP contribution in [0.3, 0.4) is 0 Å². The number of nitrogens with one attached hydrogen (secondary N) is 1. The van der Waals surface area contributed by atoms with Crippen molar-refractivity contribution in [1.82, 2.24) is 15.0 Å². The molecule has 0 amide bonds. The predicted molar refractivity (Wildman–Crippen MR) is 72.9 cm³/mol. The van der Waals surface area contributed by atoms with E-state index in [0.717, 1.165) is 33.9 Å². The average molecular weight is 258 g/mol. The standard InChI is InChI=1S/C14H12ClN3/c1-9-11(15)2-3-12-14(9)18-13(17-12)8-10-4-6-16-7-5-10/h2-7H,8H2,1H3,(H,17,18). The first-order valence-corrected chi connectivity index (χ1v) is 6.14. The minimum atomic E-state index is 0.754. The summed E-state index contributed by atoms with van der Waals surface area (Å²) < 4.78 is 0. The number of pyridine rings is 1. The van der Waals surface area contributed by atoms with Crippen LogP contribution >= 0.6 is 11.6 Å². The Morgan fingerprint density at radius 2 is 1.94 bits per heavy atom. The average Bonchev–Trinajstić information content (AvgIpc) is 2.79. The number of hydrogen-bond acceptors (Lipinski definition) is 2. The van der Waals surface area contributed by atoms with Crippen LogP contribution in [0.2, 0.25) is 5.02 Å². The van der Waals surface area contributed by atoms with Crippen LogP contribution in [0.15, 0.2) is 36.7 Å². The Balaban J connectivity index is 2.02. The smallest absolute Gasteiger partial charge is 0.111 e. The van der Waals surface area contributed by atoms with E-state index in [1.165, 1.54) is 5.56 Å². The summed E-state index contributed by atoms with van der Waals surface area (Å²) in [7, 11) is 0. The first-order chi connectivity index (χ1) is 8.74. The van der Waals surface area contributed by atoms with Gasteiger partial charge in [0.1, 0.15) is 5.82 Å². The van der Waals surface area contributed by atoms with Gasteiger partial charge in [-0.05, 0) is 42.3 Å². The van der Waals surface area contributed by atoms with Crippen molar-refractivity contribution < 1.29 is 0 Å². The third-order valence-corrected chi connectivity index (χ3v) is 3.42. The van der Waals surface area contributed by atoms with Crippen molar-refractivity contribution in [1.29, 1.82) is 0 Å². The molecule has 0 aliphatic heterocycles. The van der Waals surface area contributed by atoms with Crippen molar-refractivity contribution in [2.75, 3.05) is 0 Å². The molecule has 0 unspecified atom stereocenters. The van der Waals surface area contributed by atoms with Gasteiger partial charge in [-0.25, -0.2) is 4.98 Å². The van der Waals surface area contributed by atoms with Crippen molar-refractivity contribution >= 4 is 22.6 Å². The molecule has 0 bridgehead atoms. The zero-order valence-electron chi connectivity index (χ0n) is 9.94. The lowest BCUT2D eigenvalue weighted by Crippen LogP contribution is -1.90. The molecule has 4 heteroatoms. The summed E-state index contributed by atoms with van der Waals surface area (Å²) >= 11 is 6.09. The Bertz CT molecular complexity index is 689. The molecule has 0 radical (unpaired) electrons. The molecule has 0 aliphatic carbocycles. The molecule has 1 N–H and O–H groups in total. The Morgan fingerprint density at radius 3 is 2.72 bits per heavy atom. The maximum absolute atomic E-state index is 6.09. The highest BCUT2D eigenvalue weighted by atomic mass is 35.5. The van der Waals surface area contributed by atoms with Gasteiger partial charge in [0.2, 0.25) is 0 Å². The van der Waals surface area contributed by atoms with Gasteiger partial charge in [0, 0.05) is 23.8 Å². The Morgan fingerprint density at radius 1 is 1.17 bits per heavy atom. The SMILES string of the molecule is Cc1c(Cl)ccc2[nH]c(Cc3ccncc3)nc12. The van der Waals surface area contributed by atoms with Gasteiger partial charge in [-0.1, -0.05) is 11.6 Å². The highest BCUT2D eigenvalue weighted by Crippen LogP contribution is 2.24. The highest BCUT2D eigenvalue weighted by molar-refractivity contribution is 6.32. The van der Waals surface area contributed by atoms with Gasteiger partial charge in [-0.3, -0.25) is 4.98 Å². The summed E-state index contributed by atoms with van der Waals surface area (Å²) in [4.78, 5) is 11.9. The molecule has 0 saturated heterocycles. The summed E-state index contributed by atoms with van der Waals surface area (Å²) in [6, 6.07) is 7.85. The first kappa shape index (κ1) is 11.2. The number of halogens is 1. The quantitative estimate of drug-likeness (QED) is 0.763. The van der Waals surface area contributed by atoms with E-state index < -0.39 is 0 Å². The number of H-pyrrole nitrogens is 1. The second-order valence-electron chi connectivity index (χ2n) is 4.28. The van der Waals surface area contributed by atoms with E-state index in [2.05, 4.69) is 15.0 Å². The van der Waals surface area contributed by atoms with Crippen LogP contribution in [0, 0.1) is 6.92 Å². The zero-order valence-corrected chi connectivity index (χ0v) is 10.7. The highest BCUT2D eigenvalue weighted by Gasteiger charge is 2.08. The van der Waals surface area contributed by atoms with Crippen LogP contribution in [0.4, 0.5) is 0 Å². The fourth-order valence-corrected chi connectivity index (χ4v) is 2.17. The fourth-order valence-electron chi connectivity index (χ4n) is 2.02. The van der Waals surface area contributed by atoms with Crippen LogP contribution < -0.4 is 0 Å². The first-order valence-electron chi connectivity index (χ1n) is 5.76. The Kier molecular flexibility index (Phi) is 2.76. The topological polar surface area (TPSA) is 41.6 Å². The summed E-state index contributed by atoms with van der Waals surface area (Å²) in [5.41, 5.74) is 4.19. The summed E-state index contributed by atoms with van der Waals surface area (Å²) in [5.74, 6) is 0.946. The summed E-state index contributed by atoms with van der Waals surface area (Å²) in [5, 5.41) is 0.754. The van der Waals surface area contributed by atoms with E-state index in [0.29, 0.717) is 0 Å². The van der Waals surface area contributed by atoms with E-state index in [4.69, 9.17) is 11.6 Å². The van der Waals surface area contributed by atoms with Gasteiger partial charge < -0.3 is 4.98 Å². The number of aryl methyl sites for hydroxylation is 1. The van der Waals surface area contributed by atoms with E-state index in [1.807, 2.05) is 31.2 Å². The summed E-state index contributed by atoms with van der Waals surface area (Å²) in [6.07, 6.45) is 4.36. The van der Waals surface area contributed by atoms with Crippen molar-refractivity contribution in [3.05, 3.63) is 58.6 Å². The molecule has 2 aromatic heterocycles. The Labute approximate surface area is 110 Å². The molecule has 90 valence electrons. The van der Waals surface area contributed by atoms with E-state index in [1.54, 1.807) is 12.4 Å². The molecule has 3 aromatic rings. The molecule has 3 nitrogen and oxygen atoms in total. The number of rotatable bonds is 2. The molecule has 0 spiro atoms. The molecule has 0 atom stereocenters. The maximum Gasteiger partial charge on any atom is 0.111 e. The molecule has 0 fully saturated rings. The predicted octanol–water partition coefficient (Wildman–Crippen LogP) is 3.51. The lowest BCUT2D eigenvalue weighted by Gasteiger charge is -1.96. The number of aromatic nitrogens is 3. The van der Waals surface area contributed by atoms with Gasteiger partial charge >= 0.3 is 0 Å². The number of aromatic amines is 1. The number of fused-ring (bicyclic) bond motifs is 1. The minimum Gasteiger partial charge on any atom is -0.342 e. The monoisotopic (exact) mass is 257 g/mol. The van der Waals surface area contributed by atoms with E-state index in [-0.39, 0.29) is 0 Å². The van der Waals surface area contributed by atoms with Crippen molar-refractivity contribution in [2.24, 2.45) is 0 Å². The van der Waals surface area contributed by atoms with Gasteiger partial charge in [0.25, 0.3) is 0 Å². The molecule has 18 heavy (non-hydrogen) atoms. The zero-order chi connectivity index (χ0) is 12.5. The molecule has 2 heterocycles. The molecule has 3 rings (SSSR count). The van der Waals surface area contributed by atoms with Crippen LogP contribution in [0.5, 0.6) is 0 Å². The number of imidazole rings is 1. The van der Waals surface area contributed by atoms with Crippen molar-refractivity contribution in [3.63, 3.8) is 0 Å². The number of benzene rings is 1. The third kappa shape index (κ3) is 1.97. The Hall–Kier alpha value is -1.87. The lowest BCUT2D eigenvalue weighted by atomic mass is 10.2. The van der Waals surface area contributed by atoms with Gasteiger partial charge in [-0.15, -0.1) is 0 Å². The molecule has 1 aromatic carbocycles.